The van der Waals surface area contributed by atoms with Crippen LogP contribution >= 0.6 is 0 Å². The molecule has 2 atom stereocenters. The average molecular weight is 154 g/mol. The topological polar surface area (TPSA) is 9.23 Å². The Kier molecular flexibility index (Phi) is 3.47. The molecule has 0 spiro atoms. The van der Waals surface area contributed by atoms with E-state index in [1.807, 2.05) is 0 Å². The van der Waals surface area contributed by atoms with Gasteiger partial charge in [0.2, 0.25) is 0 Å². The van der Waals surface area contributed by atoms with Gasteiger partial charge in [-0.1, -0.05) is 26.3 Å². The summed E-state index contributed by atoms with van der Waals surface area (Å²) in [7, 11) is 0. The summed E-state index contributed by atoms with van der Waals surface area (Å²) in [4.78, 5) is 0. The Hall–Kier alpha value is -0.460. The van der Waals surface area contributed by atoms with Crippen molar-refractivity contribution in [3.8, 4) is 0 Å². The van der Waals surface area contributed by atoms with E-state index in [-0.39, 0.29) is 0 Å². The second-order valence-electron chi connectivity index (χ2n) is 3.37. The van der Waals surface area contributed by atoms with Crippen molar-refractivity contribution in [3.05, 3.63) is 12.8 Å². The van der Waals surface area contributed by atoms with E-state index in [2.05, 4.69) is 13.5 Å². The first kappa shape index (κ1) is 8.63. The van der Waals surface area contributed by atoms with Crippen LogP contribution in [0, 0.1) is 5.92 Å². The van der Waals surface area contributed by atoms with Gasteiger partial charge >= 0.3 is 0 Å². The molecule has 0 aromatic heterocycles. The van der Waals surface area contributed by atoms with Crippen LogP contribution in [0.25, 0.3) is 0 Å². The van der Waals surface area contributed by atoms with E-state index < -0.39 is 0 Å². The highest BCUT2D eigenvalue weighted by molar-refractivity contribution is 4.74. The van der Waals surface area contributed by atoms with Crippen LogP contribution in [0.4, 0.5) is 0 Å². The molecule has 0 heterocycles. The third-order valence-corrected chi connectivity index (χ3v) is 2.60. The van der Waals surface area contributed by atoms with Gasteiger partial charge in [-0.15, -0.1) is 0 Å². The highest BCUT2D eigenvalue weighted by Crippen LogP contribution is 2.28. The van der Waals surface area contributed by atoms with Crippen molar-refractivity contribution < 1.29 is 4.74 Å². The van der Waals surface area contributed by atoms with Crippen molar-refractivity contribution in [1.29, 1.82) is 0 Å². The monoisotopic (exact) mass is 154 g/mol. The summed E-state index contributed by atoms with van der Waals surface area (Å²) in [6.45, 7) is 5.85. The quantitative estimate of drug-likeness (QED) is 0.567. The van der Waals surface area contributed by atoms with Crippen LogP contribution in [0.1, 0.15) is 39.0 Å². The van der Waals surface area contributed by atoms with E-state index >= 15 is 0 Å². The van der Waals surface area contributed by atoms with Crippen LogP contribution in [-0.2, 0) is 4.74 Å². The van der Waals surface area contributed by atoms with E-state index in [0.29, 0.717) is 6.10 Å². The van der Waals surface area contributed by atoms with Gasteiger partial charge in [0.15, 0.2) is 0 Å². The molecule has 11 heavy (non-hydrogen) atoms. The summed E-state index contributed by atoms with van der Waals surface area (Å²) in [5, 5.41) is 0. The van der Waals surface area contributed by atoms with E-state index in [4.69, 9.17) is 4.74 Å². The Balaban J connectivity index is 2.27. The molecule has 0 saturated heterocycles. The molecule has 0 N–H and O–H groups in total. The van der Waals surface area contributed by atoms with Crippen molar-refractivity contribution in [2.24, 2.45) is 5.92 Å². The van der Waals surface area contributed by atoms with Gasteiger partial charge in [0.1, 0.15) is 0 Å². The second kappa shape index (κ2) is 4.42. The van der Waals surface area contributed by atoms with Crippen molar-refractivity contribution in [3.63, 3.8) is 0 Å². The van der Waals surface area contributed by atoms with Gasteiger partial charge in [-0.2, -0.15) is 0 Å². The molecule has 2 unspecified atom stereocenters. The lowest BCUT2D eigenvalue weighted by Gasteiger charge is -2.27. The molecule has 1 fully saturated rings. The van der Waals surface area contributed by atoms with Gasteiger partial charge in [0.25, 0.3) is 0 Å². The summed E-state index contributed by atoms with van der Waals surface area (Å²) >= 11 is 0. The first-order valence-corrected chi connectivity index (χ1v) is 4.63. The van der Waals surface area contributed by atoms with Crippen LogP contribution < -0.4 is 0 Å². The molecule has 0 aromatic rings. The van der Waals surface area contributed by atoms with Gasteiger partial charge < -0.3 is 4.74 Å². The van der Waals surface area contributed by atoms with E-state index in [0.717, 1.165) is 5.92 Å². The molecular formula is C10H18O. The van der Waals surface area contributed by atoms with Crippen LogP contribution in [0.15, 0.2) is 12.8 Å². The van der Waals surface area contributed by atoms with Gasteiger partial charge in [-0.25, -0.2) is 0 Å². The fourth-order valence-corrected chi connectivity index (χ4v) is 1.87. The molecule has 1 heteroatoms. The van der Waals surface area contributed by atoms with Gasteiger partial charge in [0.05, 0.1) is 12.4 Å². The Labute approximate surface area is 69.4 Å². The Morgan fingerprint density at radius 2 is 2.36 bits per heavy atom. The zero-order valence-electron chi connectivity index (χ0n) is 7.38. The third kappa shape index (κ3) is 2.57. The molecule has 64 valence electrons. The number of hydrogen-bond donors (Lipinski definition) is 0. The van der Waals surface area contributed by atoms with E-state index in [9.17, 15) is 0 Å². The fourth-order valence-electron chi connectivity index (χ4n) is 1.87. The first-order valence-electron chi connectivity index (χ1n) is 4.63. The number of rotatable bonds is 3. The minimum absolute atomic E-state index is 0.464. The molecule has 0 aromatic carbocycles. The van der Waals surface area contributed by atoms with Crippen molar-refractivity contribution in [2.75, 3.05) is 0 Å². The summed E-state index contributed by atoms with van der Waals surface area (Å²) in [5.74, 6) is 0.897. The lowest BCUT2D eigenvalue weighted by atomic mass is 9.86. The van der Waals surface area contributed by atoms with Crippen molar-refractivity contribution in [1.82, 2.24) is 0 Å². The van der Waals surface area contributed by atoms with Crippen LogP contribution in [0.5, 0.6) is 0 Å². The summed E-state index contributed by atoms with van der Waals surface area (Å²) in [5.41, 5.74) is 0. The molecule has 1 aliphatic carbocycles. The fraction of sp³-hybridized carbons (Fsp3) is 0.800. The van der Waals surface area contributed by atoms with Crippen LogP contribution in [0.3, 0.4) is 0 Å². The van der Waals surface area contributed by atoms with Gasteiger partial charge in [-0.05, 0) is 25.2 Å². The molecule has 0 bridgehead atoms. The number of ether oxygens (including phenoxy) is 1. The standard InChI is InChI=1S/C10H18O/c1-3-9-6-5-7-10(8-9)11-4-2/h4,9-10H,2-3,5-8H2,1H3. The third-order valence-electron chi connectivity index (χ3n) is 2.60. The Morgan fingerprint density at radius 1 is 1.55 bits per heavy atom. The SMILES string of the molecule is C=COC1CCCC(CC)C1. The van der Waals surface area contributed by atoms with E-state index in [1.165, 1.54) is 32.1 Å². The van der Waals surface area contributed by atoms with Crippen molar-refractivity contribution in [2.45, 2.75) is 45.1 Å². The molecule has 1 saturated carbocycles. The molecule has 1 rings (SSSR count). The number of hydrogen-bond acceptors (Lipinski definition) is 1. The minimum Gasteiger partial charge on any atom is -0.499 e. The Bertz CT molecular complexity index is 120. The zero-order valence-corrected chi connectivity index (χ0v) is 7.38. The minimum atomic E-state index is 0.464. The lowest BCUT2D eigenvalue weighted by molar-refractivity contribution is 0.0811. The maximum Gasteiger partial charge on any atom is 0.0980 e. The van der Waals surface area contributed by atoms with Crippen molar-refractivity contribution >= 4 is 0 Å². The summed E-state index contributed by atoms with van der Waals surface area (Å²) < 4.78 is 5.38. The Morgan fingerprint density at radius 3 is 3.00 bits per heavy atom. The van der Waals surface area contributed by atoms with E-state index in [1.54, 1.807) is 6.26 Å². The molecule has 0 aliphatic heterocycles. The maximum atomic E-state index is 5.38. The summed E-state index contributed by atoms with van der Waals surface area (Å²) in [6.07, 6.45) is 8.54. The first-order chi connectivity index (χ1) is 5.36. The zero-order chi connectivity index (χ0) is 8.10. The summed E-state index contributed by atoms with van der Waals surface area (Å²) in [6, 6.07) is 0. The average Bonchev–Trinajstić information content (AvgIpc) is 2.06. The molecule has 0 radical (unpaired) electrons. The smallest absolute Gasteiger partial charge is 0.0980 e. The highest BCUT2D eigenvalue weighted by Gasteiger charge is 2.20. The molecule has 1 aliphatic rings. The highest BCUT2D eigenvalue weighted by atomic mass is 16.5. The maximum absolute atomic E-state index is 5.38. The largest absolute Gasteiger partial charge is 0.499 e. The second-order valence-corrected chi connectivity index (χ2v) is 3.37. The lowest BCUT2D eigenvalue weighted by Crippen LogP contribution is -2.20. The van der Waals surface area contributed by atoms with Gasteiger partial charge in [-0.3, -0.25) is 0 Å². The predicted octanol–water partition coefficient (Wildman–Crippen LogP) is 3.12. The molecular weight excluding hydrogens is 136 g/mol. The normalized spacial score (nSPS) is 31.4. The molecule has 0 amide bonds. The predicted molar refractivity (Wildman–Crippen MR) is 47.3 cm³/mol. The van der Waals surface area contributed by atoms with Crippen LogP contribution in [-0.4, -0.2) is 6.10 Å². The molecule has 1 nitrogen and oxygen atoms in total. The van der Waals surface area contributed by atoms with Crippen LogP contribution in [0.2, 0.25) is 0 Å². The van der Waals surface area contributed by atoms with Gasteiger partial charge in [0, 0.05) is 0 Å².